The zero-order chi connectivity index (χ0) is 16.3. The highest BCUT2D eigenvalue weighted by Crippen LogP contribution is 2.21. The average molecular weight is 334 g/mol. The van der Waals surface area contributed by atoms with E-state index in [0.29, 0.717) is 11.1 Å². The molecule has 0 aliphatic carbocycles. The van der Waals surface area contributed by atoms with Crippen molar-refractivity contribution in [3.8, 4) is 0 Å². The number of nitrogens with one attached hydrogen (secondary N) is 2. The van der Waals surface area contributed by atoms with Crippen molar-refractivity contribution in [1.82, 2.24) is 9.44 Å². The minimum Gasteiger partial charge on any atom is -0.214 e. The molecule has 0 atom stereocenters. The maximum absolute atomic E-state index is 12.3. The van der Waals surface area contributed by atoms with Crippen LogP contribution in [0.2, 0.25) is 0 Å². The Morgan fingerprint density at radius 3 is 1.86 bits per heavy atom. The molecule has 0 saturated carbocycles. The summed E-state index contributed by atoms with van der Waals surface area (Å²) in [7, 11) is -6.96. The SMILES string of the molecule is CCS(=O)(=O)NCCNS(=O)(=O)c1c(C)cc(C)cc1C. The molecule has 0 bridgehead atoms. The summed E-state index contributed by atoms with van der Waals surface area (Å²) >= 11 is 0. The van der Waals surface area contributed by atoms with Gasteiger partial charge in [-0.2, -0.15) is 0 Å². The lowest BCUT2D eigenvalue weighted by Crippen LogP contribution is -2.35. The quantitative estimate of drug-likeness (QED) is 0.722. The van der Waals surface area contributed by atoms with E-state index in [-0.39, 0.29) is 23.7 Å². The largest absolute Gasteiger partial charge is 0.241 e. The molecule has 0 radical (unpaired) electrons. The Morgan fingerprint density at radius 2 is 1.38 bits per heavy atom. The number of benzene rings is 1. The van der Waals surface area contributed by atoms with Gasteiger partial charge in [0.05, 0.1) is 10.6 Å². The molecule has 8 heteroatoms. The molecule has 120 valence electrons. The molecule has 0 fully saturated rings. The van der Waals surface area contributed by atoms with Crippen molar-refractivity contribution in [2.45, 2.75) is 32.6 Å². The Hall–Kier alpha value is -0.960. The van der Waals surface area contributed by atoms with Gasteiger partial charge in [0.15, 0.2) is 0 Å². The number of rotatable bonds is 7. The van der Waals surface area contributed by atoms with Gasteiger partial charge in [-0.1, -0.05) is 17.7 Å². The second-order valence-electron chi connectivity index (χ2n) is 4.92. The molecule has 6 nitrogen and oxygen atoms in total. The van der Waals surface area contributed by atoms with E-state index < -0.39 is 20.0 Å². The first-order valence-corrected chi connectivity index (χ1v) is 9.77. The van der Waals surface area contributed by atoms with Gasteiger partial charge in [-0.3, -0.25) is 0 Å². The van der Waals surface area contributed by atoms with Crippen LogP contribution in [-0.4, -0.2) is 35.7 Å². The van der Waals surface area contributed by atoms with Crippen molar-refractivity contribution < 1.29 is 16.8 Å². The van der Waals surface area contributed by atoms with Crippen molar-refractivity contribution in [3.05, 3.63) is 28.8 Å². The topological polar surface area (TPSA) is 92.3 Å². The van der Waals surface area contributed by atoms with Gasteiger partial charge in [-0.15, -0.1) is 0 Å². The van der Waals surface area contributed by atoms with Crippen LogP contribution >= 0.6 is 0 Å². The highest BCUT2D eigenvalue weighted by Gasteiger charge is 2.19. The van der Waals surface area contributed by atoms with Gasteiger partial charge in [0, 0.05) is 13.1 Å². The zero-order valence-corrected chi connectivity index (χ0v) is 14.4. The summed E-state index contributed by atoms with van der Waals surface area (Å²) in [5.74, 6) is -0.0318. The van der Waals surface area contributed by atoms with Crippen LogP contribution in [0.25, 0.3) is 0 Å². The van der Waals surface area contributed by atoms with E-state index in [1.54, 1.807) is 26.0 Å². The smallest absolute Gasteiger partial charge is 0.214 e. The van der Waals surface area contributed by atoms with Crippen molar-refractivity contribution in [2.24, 2.45) is 0 Å². The Kier molecular flexibility index (Phi) is 5.92. The van der Waals surface area contributed by atoms with Crippen LogP contribution in [0.4, 0.5) is 0 Å². The highest BCUT2D eigenvalue weighted by atomic mass is 32.2. The monoisotopic (exact) mass is 334 g/mol. The van der Waals surface area contributed by atoms with E-state index in [9.17, 15) is 16.8 Å². The molecule has 0 unspecified atom stereocenters. The molecular weight excluding hydrogens is 312 g/mol. The number of hydrogen-bond donors (Lipinski definition) is 2. The molecule has 0 aliphatic heterocycles. The first kappa shape index (κ1) is 18.1. The summed E-state index contributed by atoms with van der Waals surface area (Å²) in [6, 6.07) is 3.61. The van der Waals surface area contributed by atoms with Gasteiger partial charge in [-0.25, -0.2) is 26.3 Å². The molecule has 0 aliphatic rings. The molecule has 0 aromatic heterocycles. The molecule has 0 spiro atoms. The number of aryl methyl sites for hydroxylation is 3. The van der Waals surface area contributed by atoms with Gasteiger partial charge in [0.25, 0.3) is 0 Å². The van der Waals surface area contributed by atoms with Crippen LogP contribution in [-0.2, 0) is 20.0 Å². The van der Waals surface area contributed by atoms with E-state index in [4.69, 9.17) is 0 Å². The average Bonchev–Trinajstić information content (AvgIpc) is 2.33. The summed E-state index contributed by atoms with van der Waals surface area (Å²) in [6.45, 7) is 6.95. The van der Waals surface area contributed by atoms with Crippen LogP contribution in [0.5, 0.6) is 0 Å². The van der Waals surface area contributed by atoms with E-state index in [1.165, 1.54) is 6.92 Å². The van der Waals surface area contributed by atoms with Gasteiger partial charge < -0.3 is 0 Å². The third-order valence-corrected chi connectivity index (χ3v) is 6.16. The zero-order valence-electron chi connectivity index (χ0n) is 12.7. The summed E-state index contributed by atoms with van der Waals surface area (Å²) < 4.78 is 51.8. The van der Waals surface area contributed by atoms with E-state index in [2.05, 4.69) is 9.44 Å². The van der Waals surface area contributed by atoms with Crippen LogP contribution in [0, 0.1) is 20.8 Å². The number of hydrogen-bond acceptors (Lipinski definition) is 4. The van der Waals surface area contributed by atoms with Crippen LogP contribution < -0.4 is 9.44 Å². The predicted octanol–water partition coefficient (Wildman–Crippen LogP) is 0.829. The van der Waals surface area contributed by atoms with Crippen LogP contribution in [0.15, 0.2) is 17.0 Å². The van der Waals surface area contributed by atoms with Crippen LogP contribution in [0.3, 0.4) is 0 Å². The number of sulfonamides is 2. The lowest BCUT2D eigenvalue weighted by atomic mass is 10.1. The Bertz CT molecular complexity index is 687. The molecule has 0 amide bonds. The molecule has 0 heterocycles. The third-order valence-electron chi connectivity index (χ3n) is 2.99. The fraction of sp³-hybridized carbons (Fsp3) is 0.538. The lowest BCUT2D eigenvalue weighted by Gasteiger charge is -2.13. The lowest BCUT2D eigenvalue weighted by molar-refractivity contribution is 0.570. The molecular formula is C13H22N2O4S2. The van der Waals surface area contributed by atoms with E-state index in [1.807, 2.05) is 6.92 Å². The Labute approximate surface area is 127 Å². The minimum absolute atomic E-state index is 0.00825. The molecule has 2 N–H and O–H groups in total. The summed E-state index contributed by atoms with van der Waals surface area (Å²) in [6.07, 6.45) is 0. The maximum Gasteiger partial charge on any atom is 0.241 e. The van der Waals surface area contributed by atoms with Crippen molar-refractivity contribution in [3.63, 3.8) is 0 Å². The first-order valence-electron chi connectivity index (χ1n) is 6.64. The molecule has 21 heavy (non-hydrogen) atoms. The summed E-state index contributed by atoms with van der Waals surface area (Å²) in [5, 5.41) is 0. The summed E-state index contributed by atoms with van der Waals surface area (Å²) in [5.41, 5.74) is 2.35. The summed E-state index contributed by atoms with van der Waals surface area (Å²) in [4.78, 5) is 0.256. The molecule has 1 aromatic carbocycles. The van der Waals surface area contributed by atoms with E-state index in [0.717, 1.165) is 5.56 Å². The third kappa shape index (κ3) is 5.06. The maximum atomic E-state index is 12.3. The predicted molar refractivity (Wildman–Crippen MR) is 83.3 cm³/mol. The van der Waals surface area contributed by atoms with Crippen molar-refractivity contribution in [2.75, 3.05) is 18.8 Å². The Morgan fingerprint density at radius 1 is 0.905 bits per heavy atom. The Balaban J connectivity index is 2.80. The van der Waals surface area contributed by atoms with Gasteiger partial charge in [0.2, 0.25) is 20.0 Å². The first-order chi connectivity index (χ1) is 9.59. The second kappa shape index (κ2) is 6.87. The van der Waals surface area contributed by atoms with Crippen LogP contribution in [0.1, 0.15) is 23.6 Å². The fourth-order valence-corrected chi connectivity index (χ4v) is 4.25. The fourth-order valence-electron chi connectivity index (χ4n) is 2.16. The normalized spacial score (nSPS) is 12.6. The molecule has 1 rings (SSSR count). The molecule has 1 aromatic rings. The minimum atomic E-state index is -3.65. The molecule has 0 saturated heterocycles. The highest BCUT2D eigenvalue weighted by molar-refractivity contribution is 7.89. The van der Waals surface area contributed by atoms with Crippen molar-refractivity contribution >= 4 is 20.0 Å². The standard InChI is InChI=1S/C13H22N2O4S2/c1-5-20(16,17)14-6-7-15-21(18,19)13-11(3)8-10(2)9-12(13)4/h8-9,14-15H,5-7H2,1-4H3. The van der Waals surface area contributed by atoms with E-state index >= 15 is 0 Å². The van der Waals surface area contributed by atoms with Crippen molar-refractivity contribution in [1.29, 1.82) is 0 Å². The van der Waals surface area contributed by atoms with Gasteiger partial charge in [0.1, 0.15) is 0 Å². The van der Waals surface area contributed by atoms with Gasteiger partial charge >= 0.3 is 0 Å². The second-order valence-corrected chi connectivity index (χ2v) is 8.72. The van der Waals surface area contributed by atoms with Gasteiger partial charge in [-0.05, 0) is 38.8 Å².